The Morgan fingerprint density at radius 3 is 2.76 bits per heavy atom. The van der Waals surface area contributed by atoms with Gasteiger partial charge in [-0.15, -0.1) is 11.8 Å². The molecular formula is C14H19N3O3S. The largest absolute Gasteiger partial charge is 0.480 e. The van der Waals surface area contributed by atoms with Crippen molar-refractivity contribution in [2.45, 2.75) is 25.3 Å². The number of amides is 1. The number of carboxylic acids is 1. The van der Waals surface area contributed by atoms with Crippen molar-refractivity contribution in [2.75, 3.05) is 5.75 Å². The van der Waals surface area contributed by atoms with E-state index in [1.165, 1.54) is 22.7 Å². The van der Waals surface area contributed by atoms with Crippen molar-refractivity contribution >= 4 is 29.7 Å². The van der Waals surface area contributed by atoms with Crippen molar-refractivity contribution in [1.82, 2.24) is 14.7 Å². The van der Waals surface area contributed by atoms with Gasteiger partial charge in [-0.25, -0.2) is 4.79 Å². The molecule has 7 heteroatoms. The van der Waals surface area contributed by atoms with Gasteiger partial charge in [0.25, 0.3) is 0 Å². The number of rotatable bonds is 4. The molecular weight excluding hydrogens is 290 g/mol. The number of carbonyl (C=O) groups is 2. The zero-order valence-electron chi connectivity index (χ0n) is 12.3. The van der Waals surface area contributed by atoms with Gasteiger partial charge < -0.3 is 10.0 Å². The van der Waals surface area contributed by atoms with Gasteiger partial charge in [-0.3, -0.25) is 9.48 Å². The number of thioether (sulfide) groups is 1. The molecule has 1 aromatic rings. The summed E-state index contributed by atoms with van der Waals surface area (Å²) in [6.07, 6.45) is 4.73. The average molecular weight is 309 g/mol. The number of aryl methyl sites for hydroxylation is 1. The second-order valence-electron chi connectivity index (χ2n) is 5.28. The van der Waals surface area contributed by atoms with E-state index in [0.29, 0.717) is 5.75 Å². The molecule has 0 aromatic carbocycles. The van der Waals surface area contributed by atoms with E-state index < -0.39 is 12.0 Å². The molecule has 0 bridgehead atoms. The molecule has 2 atom stereocenters. The van der Waals surface area contributed by atoms with Crippen LogP contribution in [0.4, 0.5) is 0 Å². The maximum absolute atomic E-state index is 12.4. The Morgan fingerprint density at radius 2 is 2.24 bits per heavy atom. The first kappa shape index (κ1) is 15.6. The van der Waals surface area contributed by atoms with E-state index in [1.54, 1.807) is 30.1 Å². The smallest absolute Gasteiger partial charge is 0.327 e. The van der Waals surface area contributed by atoms with Crippen LogP contribution in [0.3, 0.4) is 0 Å². The van der Waals surface area contributed by atoms with Crippen LogP contribution in [0.5, 0.6) is 0 Å². The van der Waals surface area contributed by atoms with Gasteiger partial charge in [-0.1, -0.05) is 13.8 Å². The van der Waals surface area contributed by atoms with Gasteiger partial charge in [-0.2, -0.15) is 5.10 Å². The second-order valence-corrected chi connectivity index (χ2v) is 6.43. The van der Waals surface area contributed by atoms with Crippen LogP contribution in [0.25, 0.3) is 6.08 Å². The minimum atomic E-state index is -0.951. The lowest BCUT2D eigenvalue weighted by atomic mass is 10.1. The molecule has 1 saturated heterocycles. The Bertz CT molecular complexity index is 568. The van der Waals surface area contributed by atoms with Crippen molar-refractivity contribution < 1.29 is 14.7 Å². The van der Waals surface area contributed by atoms with Gasteiger partial charge in [0, 0.05) is 25.1 Å². The van der Waals surface area contributed by atoms with Gasteiger partial charge in [0.1, 0.15) is 6.04 Å². The molecule has 1 aliphatic heterocycles. The highest BCUT2D eigenvalue weighted by molar-refractivity contribution is 8.00. The summed E-state index contributed by atoms with van der Waals surface area (Å²) < 4.78 is 1.65. The number of carboxylic acid groups (broad SMARTS) is 1. The lowest BCUT2D eigenvalue weighted by molar-refractivity contribution is -0.147. The summed E-state index contributed by atoms with van der Waals surface area (Å²) >= 11 is 1.52. The highest BCUT2D eigenvalue weighted by Crippen LogP contribution is 2.34. The second kappa shape index (κ2) is 6.34. The zero-order valence-corrected chi connectivity index (χ0v) is 13.1. The Hall–Kier alpha value is -1.76. The number of hydrogen-bond donors (Lipinski definition) is 1. The number of hydrogen-bond acceptors (Lipinski definition) is 4. The van der Waals surface area contributed by atoms with Crippen molar-refractivity contribution in [3.05, 3.63) is 24.0 Å². The lowest BCUT2D eigenvalue weighted by Gasteiger charge is -2.28. The average Bonchev–Trinajstić information content (AvgIpc) is 3.02. The normalized spacial score (nSPS) is 22.4. The van der Waals surface area contributed by atoms with Gasteiger partial charge >= 0.3 is 5.97 Å². The van der Waals surface area contributed by atoms with Crippen LogP contribution in [0.2, 0.25) is 0 Å². The molecule has 1 aromatic heterocycles. The fourth-order valence-electron chi connectivity index (χ4n) is 2.30. The lowest BCUT2D eigenvalue weighted by Crippen LogP contribution is -2.46. The Balaban J connectivity index is 2.19. The molecule has 1 amide bonds. The van der Waals surface area contributed by atoms with Gasteiger partial charge in [0.2, 0.25) is 5.91 Å². The quantitative estimate of drug-likeness (QED) is 0.852. The third-order valence-corrected chi connectivity index (χ3v) is 5.02. The van der Waals surface area contributed by atoms with Gasteiger partial charge in [0.15, 0.2) is 0 Å². The fraction of sp³-hybridized carbons (Fsp3) is 0.500. The minimum Gasteiger partial charge on any atom is -0.480 e. The number of carbonyl (C=O) groups excluding carboxylic acids is 1. The van der Waals surface area contributed by atoms with E-state index >= 15 is 0 Å². The van der Waals surface area contributed by atoms with E-state index in [0.717, 1.165) is 5.69 Å². The standard InChI is InChI=1S/C14H19N3O3S/c1-9(2)13-17(11(8-21-13)14(19)20)12(18)5-4-10-6-7-15-16(10)3/h4-7,9,11,13H,8H2,1-3H3,(H,19,20). The molecule has 0 aliphatic carbocycles. The van der Waals surface area contributed by atoms with Gasteiger partial charge in [-0.05, 0) is 18.1 Å². The molecule has 21 heavy (non-hydrogen) atoms. The highest BCUT2D eigenvalue weighted by atomic mass is 32.2. The van der Waals surface area contributed by atoms with Crippen molar-refractivity contribution in [2.24, 2.45) is 13.0 Å². The number of aromatic nitrogens is 2. The molecule has 0 spiro atoms. The summed E-state index contributed by atoms with van der Waals surface area (Å²) in [6, 6.07) is 1.03. The van der Waals surface area contributed by atoms with Crippen LogP contribution in [-0.2, 0) is 16.6 Å². The highest BCUT2D eigenvalue weighted by Gasteiger charge is 2.41. The van der Waals surface area contributed by atoms with Crippen LogP contribution >= 0.6 is 11.8 Å². The first-order valence-electron chi connectivity index (χ1n) is 6.74. The summed E-state index contributed by atoms with van der Waals surface area (Å²) in [4.78, 5) is 25.2. The van der Waals surface area contributed by atoms with E-state index in [-0.39, 0.29) is 17.2 Å². The maximum Gasteiger partial charge on any atom is 0.327 e. The maximum atomic E-state index is 12.4. The molecule has 1 aliphatic rings. The fourth-order valence-corrected chi connectivity index (χ4v) is 3.78. The minimum absolute atomic E-state index is 0.102. The summed E-state index contributed by atoms with van der Waals surface area (Å²) in [6.45, 7) is 3.99. The predicted octanol–water partition coefficient (Wildman–Crippen LogP) is 1.44. The van der Waals surface area contributed by atoms with Crippen molar-refractivity contribution in [1.29, 1.82) is 0 Å². The predicted molar refractivity (Wildman–Crippen MR) is 81.6 cm³/mol. The molecule has 1 N–H and O–H groups in total. The van der Waals surface area contributed by atoms with E-state index in [2.05, 4.69) is 5.10 Å². The zero-order chi connectivity index (χ0) is 15.6. The monoisotopic (exact) mass is 309 g/mol. The summed E-state index contributed by atoms with van der Waals surface area (Å²) in [5.74, 6) is -0.586. The molecule has 114 valence electrons. The van der Waals surface area contributed by atoms with Crippen LogP contribution in [-0.4, -0.2) is 48.8 Å². The Labute approximate surface area is 127 Å². The summed E-state index contributed by atoms with van der Waals surface area (Å²) in [7, 11) is 1.78. The van der Waals surface area contributed by atoms with Crippen molar-refractivity contribution in [3.63, 3.8) is 0 Å². The topological polar surface area (TPSA) is 75.4 Å². The summed E-state index contributed by atoms with van der Waals surface area (Å²) in [5.41, 5.74) is 0.795. The van der Waals surface area contributed by atoms with E-state index in [1.807, 2.05) is 13.8 Å². The third kappa shape index (κ3) is 3.29. The number of nitrogens with zero attached hydrogens (tertiary/aromatic N) is 3. The Morgan fingerprint density at radius 1 is 1.52 bits per heavy atom. The van der Waals surface area contributed by atoms with Crippen LogP contribution < -0.4 is 0 Å². The van der Waals surface area contributed by atoms with Crippen molar-refractivity contribution in [3.8, 4) is 0 Å². The molecule has 0 radical (unpaired) electrons. The van der Waals surface area contributed by atoms with E-state index in [9.17, 15) is 14.7 Å². The van der Waals surface area contributed by atoms with Crippen LogP contribution in [0.1, 0.15) is 19.5 Å². The third-order valence-electron chi connectivity index (χ3n) is 3.40. The molecule has 0 saturated carbocycles. The van der Waals surface area contributed by atoms with Gasteiger partial charge in [0.05, 0.1) is 11.1 Å². The number of aliphatic carboxylic acids is 1. The molecule has 6 nitrogen and oxygen atoms in total. The molecule has 2 rings (SSSR count). The summed E-state index contributed by atoms with van der Waals surface area (Å²) in [5, 5.41) is 13.2. The molecule has 2 heterocycles. The molecule has 1 fully saturated rings. The van der Waals surface area contributed by atoms with Crippen LogP contribution in [0.15, 0.2) is 18.3 Å². The SMILES string of the molecule is CC(C)C1SCC(C(=O)O)N1C(=O)C=Cc1ccnn1C. The first-order chi connectivity index (χ1) is 9.91. The van der Waals surface area contributed by atoms with Crippen LogP contribution in [0, 0.1) is 5.92 Å². The first-order valence-corrected chi connectivity index (χ1v) is 7.79. The van der Waals surface area contributed by atoms with E-state index in [4.69, 9.17) is 0 Å². The molecule has 2 unspecified atom stereocenters. The Kier molecular flexibility index (Phi) is 4.72.